The fourth-order valence-corrected chi connectivity index (χ4v) is 10.2. The van der Waals surface area contributed by atoms with E-state index in [0.29, 0.717) is 9.33 Å². The van der Waals surface area contributed by atoms with Gasteiger partial charge in [-0.25, -0.2) is 13.8 Å². The Balaban J connectivity index is 1.32. The van der Waals surface area contributed by atoms with E-state index in [4.69, 9.17) is 4.99 Å². The normalized spacial score (nSPS) is 18.5. The minimum atomic E-state index is -0.398. The lowest BCUT2D eigenvalue weighted by Crippen LogP contribution is -2.39. The van der Waals surface area contributed by atoms with Crippen LogP contribution in [0.4, 0.5) is 8.78 Å². The summed E-state index contributed by atoms with van der Waals surface area (Å²) in [6.07, 6.45) is 4.57. The number of allylic oxidation sites excluding steroid dienone is 2. The third-order valence-corrected chi connectivity index (χ3v) is 12.4. The molecule has 46 heavy (non-hydrogen) atoms. The zero-order valence-corrected chi connectivity index (χ0v) is 26.9. The van der Waals surface area contributed by atoms with Crippen LogP contribution in [0, 0.1) is 11.6 Å². The lowest BCUT2D eigenvalue weighted by molar-refractivity contribution is 0.551. The molecule has 5 aromatic rings. The van der Waals surface area contributed by atoms with Crippen LogP contribution in [-0.2, 0) is 0 Å². The van der Waals surface area contributed by atoms with Crippen molar-refractivity contribution < 1.29 is 8.78 Å². The summed E-state index contributed by atoms with van der Waals surface area (Å²) in [6.45, 7) is 0. The second kappa shape index (κ2) is 12.2. The molecule has 1 aliphatic carbocycles. The van der Waals surface area contributed by atoms with Crippen LogP contribution in [-0.4, -0.2) is 4.57 Å². The van der Waals surface area contributed by atoms with Crippen molar-refractivity contribution in [2.45, 2.75) is 25.3 Å². The summed E-state index contributed by atoms with van der Waals surface area (Å²) >= 11 is 4.68. The molecule has 3 heterocycles. The van der Waals surface area contributed by atoms with Gasteiger partial charge in [0.25, 0.3) is 5.56 Å². The molecule has 0 saturated carbocycles. The van der Waals surface area contributed by atoms with Crippen LogP contribution in [0.25, 0.3) is 20.1 Å². The predicted octanol–water partition coefficient (Wildman–Crippen LogP) is 9.00. The smallest absolute Gasteiger partial charge is 0.272 e. The molecule has 0 fully saturated rings. The molecular weight excluding hydrogens is 635 g/mol. The summed E-state index contributed by atoms with van der Waals surface area (Å²) in [5, 5.41) is 0. The third kappa shape index (κ3) is 5.34. The van der Waals surface area contributed by atoms with Gasteiger partial charge in [-0.1, -0.05) is 120 Å². The summed E-state index contributed by atoms with van der Waals surface area (Å²) < 4.78 is 31.2. The Kier molecular flexibility index (Phi) is 7.72. The number of hydrogen-bond donors (Lipinski definition) is 0. The number of thioether (sulfide) groups is 2. The Morgan fingerprint density at radius 3 is 1.93 bits per heavy atom. The van der Waals surface area contributed by atoms with Crippen LogP contribution in [0.1, 0.15) is 47.6 Å². The standard InChI is InChI=1S/C38H26F2N2OS3/c39-28-18-14-23(15-19-28)22-27-12-7-13-30-31(27)41-38-42(32(30)24-16-20-29(40)21-17-24)36(43)35(46-38)37-44-33(25-8-3-1-4-9-25)34(45-37)26-10-5-2-6-11-26/h1-6,8-11,14-22,32H,7,12-13H2/b27-22-. The first-order valence-electron chi connectivity index (χ1n) is 15.0. The predicted molar refractivity (Wildman–Crippen MR) is 187 cm³/mol. The van der Waals surface area contributed by atoms with E-state index in [0.717, 1.165) is 72.4 Å². The third-order valence-electron chi connectivity index (χ3n) is 8.36. The van der Waals surface area contributed by atoms with Crippen molar-refractivity contribution in [3.8, 4) is 0 Å². The molecule has 0 amide bonds. The van der Waals surface area contributed by atoms with Crippen molar-refractivity contribution in [3.63, 3.8) is 0 Å². The number of halogens is 2. The zero-order valence-electron chi connectivity index (χ0n) is 24.5. The number of hydrogen-bond acceptors (Lipinski definition) is 5. The van der Waals surface area contributed by atoms with Gasteiger partial charge in [0.15, 0.2) is 4.80 Å². The van der Waals surface area contributed by atoms with E-state index in [-0.39, 0.29) is 17.2 Å². The largest absolute Gasteiger partial charge is 0.272 e. The van der Waals surface area contributed by atoms with Crippen molar-refractivity contribution >= 4 is 55.0 Å². The molecule has 1 unspecified atom stereocenters. The van der Waals surface area contributed by atoms with Crippen molar-refractivity contribution in [2.75, 3.05) is 0 Å². The van der Waals surface area contributed by atoms with E-state index in [9.17, 15) is 13.6 Å². The highest BCUT2D eigenvalue weighted by atomic mass is 32.2. The molecule has 3 nitrogen and oxygen atoms in total. The SMILES string of the molecule is O=c1c(=C2SC(c3ccccc3)=C(c3ccccc3)S2)sc2n1C(c1ccc(F)cc1)C1=C(N=2)/C(=C\c2ccc(F)cc2)CCC1. The molecule has 0 N–H and O–H groups in total. The highest BCUT2D eigenvalue weighted by Crippen LogP contribution is 2.57. The van der Waals surface area contributed by atoms with Gasteiger partial charge >= 0.3 is 0 Å². The minimum absolute atomic E-state index is 0.0871. The molecule has 8 rings (SSSR count). The van der Waals surface area contributed by atoms with Crippen LogP contribution < -0.4 is 14.9 Å². The summed E-state index contributed by atoms with van der Waals surface area (Å²) in [7, 11) is 0. The average molecular weight is 661 g/mol. The van der Waals surface area contributed by atoms with Crippen molar-refractivity contribution in [1.29, 1.82) is 0 Å². The minimum Gasteiger partial charge on any atom is -0.272 e. The molecule has 8 heteroatoms. The second-order valence-electron chi connectivity index (χ2n) is 11.3. The Hall–Kier alpha value is -4.24. The molecule has 3 aliphatic rings. The van der Waals surface area contributed by atoms with E-state index in [1.165, 1.54) is 35.6 Å². The summed E-state index contributed by atoms with van der Waals surface area (Å²) in [5.74, 6) is -0.597. The van der Waals surface area contributed by atoms with E-state index in [1.54, 1.807) is 47.8 Å². The van der Waals surface area contributed by atoms with Crippen molar-refractivity contribution in [3.05, 3.63) is 180 Å². The zero-order chi connectivity index (χ0) is 31.2. The van der Waals surface area contributed by atoms with E-state index < -0.39 is 6.04 Å². The summed E-state index contributed by atoms with van der Waals surface area (Å²) in [4.78, 5) is 22.6. The number of thiazole rings is 1. The van der Waals surface area contributed by atoms with Crippen LogP contribution in [0.3, 0.4) is 0 Å². The quantitative estimate of drug-likeness (QED) is 0.193. The maximum absolute atomic E-state index is 14.5. The first-order chi connectivity index (χ1) is 22.5. The molecule has 1 atom stereocenters. The van der Waals surface area contributed by atoms with Crippen LogP contribution in [0.5, 0.6) is 0 Å². The average Bonchev–Trinajstić information content (AvgIpc) is 3.68. The lowest BCUT2D eigenvalue weighted by atomic mass is 9.84. The van der Waals surface area contributed by atoms with Gasteiger partial charge in [0, 0.05) is 9.81 Å². The van der Waals surface area contributed by atoms with Gasteiger partial charge in [0.1, 0.15) is 16.2 Å². The highest BCUT2D eigenvalue weighted by Gasteiger charge is 2.34. The van der Waals surface area contributed by atoms with Crippen molar-refractivity contribution in [1.82, 2.24) is 4.57 Å². The van der Waals surface area contributed by atoms with E-state index in [2.05, 4.69) is 30.3 Å². The van der Waals surface area contributed by atoms with Gasteiger partial charge in [0.05, 0.1) is 16.0 Å². The Bertz CT molecular complexity index is 2200. The van der Waals surface area contributed by atoms with Gasteiger partial charge < -0.3 is 0 Å². The van der Waals surface area contributed by atoms with Crippen LogP contribution in [0.2, 0.25) is 0 Å². The molecule has 4 aromatic carbocycles. The van der Waals surface area contributed by atoms with Crippen LogP contribution in [0.15, 0.2) is 136 Å². The first-order valence-corrected chi connectivity index (χ1v) is 17.5. The summed E-state index contributed by atoms with van der Waals surface area (Å²) in [5.41, 5.74) is 6.87. The Labute approximate surface area is 277 Å². The first kappa shape index (κ1) is 29.2. The monoisotopic (exact) mass is 660 g/mol. The number of aromatic nitrogens is 1. The molecule has 0 bridgehead atoms. The molecule has 2 aliphatic heterocycles. The van der Waals surface area contributed by atoms with Crippen LogP contribution >= 0.6 is 34.9 Å². The molecule has 226 valence electrons. The highest BCUT2D eigenvalue weighted by molar-refractivity contribution is 8.41. The van der Waals surface area contributed by atoms with Gasteiger partial charge in [0.2, 0.25) is 0 Å². The van der Waals surface area contributed by atoms with E-state index in [1.807, 2.05) is 41.0 Å². The fraction of sp³-hybridized carbons (Fsp3) is 0.105. The van der Waals surface area contributed by atoms with Crippen molar-refractivity contribution in [2.24, 2.45) is 4.99 Å². The summed E-state index contributed by atoms with van der Waals surface area (Å²) in [6, 6.07) is 33.1. The van der Waals surface area contributed by atoms with Gasteiger partial charge in [-0.05, 0) is 83.0 Å². The maximum atomic E-state index is 14.5. The number of fused-ring (bicyclic) bond motifs is 1. The number of nitrogens with zero attached hydrogens (tertiary/aromatic N) is 2. The second-order valence-corrected chi connectivity index (χ2v) is 14.6. The molecule has 1 aromatic heterocycles. The van der Waals surface area contributed by atoms with Gasteiger partial charge in [-0.3, -0.25) is 9.36 Å². The fourth-order valence-electron chi connectivity index (χ4n) is 6.23. The number of benzene rings is 4. The van der Waals surface area contributed by atoms with Gasteiger partial charge in [-0.15, -0.1) is 0 Å². The number of rotatable bonds is 4. The molecular formula is C38H26F2N2OS3. The van der Waals surface area contributed by atoms with Gasteiger partial charge in [-0.2, -0.15) is 0 Å². The topological polar surface area (TPSA) is 34.4 Å². The maximum Gasteiger partial charge on any atom is 0.272 e. The Morgan fingerprint density at radius 2 is 1.33 bits per heavy atom. The van der Waals surface area contributed by atoms with E-state index >= 15 is 0 Å². The molecule has 0 spiro atoms. The molecule has 0 saturated heterocycles. The lowest BCUT2D eigenvalue weighted by Gasteiger charge is -2.31. The Morgan fingerprint density at radius 1 is 0.739 bits per heavy atom. The molecule has 0 radical (unpaired) electrons.